The van der Waals surface area contributed by atoms with Crippen molar-refractivity contribution in [3.05, 3.63) is 12.4 Å². The molecule has 1 aliphatic rings. The minimum Gasteiger partial charge on any atom is -0.484 e. The van der Waals surface area contributed by atoms with Crippen LogP contribution in [-0.4, -0.2) is 40.4 Å². The minimum absolute atomic E-state index is 0.192. The summed E-state index contributed by atoms with van der Waals surface area (Å²) in [6, 6.07) is 0. The van der Waals surface area contributed by atoms with Crippen molar-refractivity contribution in [3.63, 3.8) is 0 Å². The third-order valence-corrected chi connectivity index (χ3v) is 3.27. The van der Waals surface area contributed by atoms with Crippen LogP contribution >= 0.6 is 0 Å². The van der Waals surface area contributed by atoms with Gasteiger partial charge in [0.1, 0.15) is 11.2 Å². The van der Waals surface area contributed by atoms with Crippen LogP contribution in [-0.2, 0) is 4.74 Å². The van der Waals surface area contributed by atoms with E-state index in [4.69, 9.17) is 9.47 Å². The third-order valence-electron chi connectivity index (χ3n) is 3.27. The Bertz CT molecular complexity index is 505. The second-order valence-corrected chi connectivity index (χ2v) is 6.67. The molecule has 0 bridgehead atoms. The lowest BCUT2D eigenvalue weighted by molar-refractivity contribution is 0.0546. The van der Waals surface area contributed by atoms with Crippen molar-refractivity contribution in [2.45, 2.75) is 51.7 Å². The Hall–Kier alpha value is -1.89. The number of ether oxygens (including phenoxy) is 2. The van der Waals surface area contributed by atoms with Gasteiger partial charge in [-0.1, -0.05) is 0 Å². The number of nitrogens with zero attached hydrogens (tertiary/aromatic N) is 2. The number of carbonyl (C=O) groups excluding carboxylic acids is 1. The summed E-state index contributed by atoms with van der Waals surface area (Å²) < 4.78 is 11.1. The van der Waals surface area contributed by atoms with Crippen molar-refractivity contribution in [1.29, 1.82) is 0 Å². The van der Waals surface area contributed by atoms with Crippen LogP contribution in [0.25, 0.3) is 0 Å². The zero-order valence-corrected chi connectivity index (χ0v) is 13.6. The van der Waals surface area contributed by atoms with Crippen LogP contribution in [0.2, 0.25) is 0 Å². The highest BCUT2D eigenvalue weighted by atomic mass is 16.6. The maximum atomic E-state index is 11.6. The van der Waals surface area contributed by atoms with Gasteiger partial charge >= 0.3 is 6.09 Å². The molecule has 1 aromatic rings. The van der Waals surface area contributed by atoms with Crippen LogP contribution in [0.4, 0.5) is 10.7 Å². The second-order valence-electron chi connectivity index (χ2n) is 6.67. The normalized spacial score (nSPS) is 17.6. The van der Waals surface area contributed by atoms with Crippen LogP contribution in [0.15, 0.2) is 12.4 Å². The molecule has 1 amide bonds. The second kappa shape index (κ2) is 6.48. The summed E-state index contributed by atoms with van der Waals surface area (Å²) in [5.41, 5.74) is -0.758. The van der Waals surface area contributed by atoms with E-state index < -0.39 is 11.7 Å². The first-order chi connectivity index (χ1) is 10.3. The third kappa shape index (κ3) is 5.14. The maximum absolute atomic E-state index is 11.6. The molecule has 122 valence electrons. The fourth-order valence-electron chi connectivity index (χ4n) is 2.17. The molecule has 1 fully saturated rings. The molecule has 22 heavy (non-hydrogen) atoms. The molecule has 1 saturated heterocycles. The van der Waals surface area contributed by atoms with Gasteiger partial charge in [-0.25, -0.2) is 14.8 Å². The van der Waals surface area contributed by atoms with E-state index in [0.717, 1.165) is 25.9 Å². The summed E-state index contributed by atoms with van der Waals surface area (Å²) in [5, 5.41) is 5.79. The molecule has 7 nitrogen and oxygen atoms in total. The molecule has 2 rings (SSSR count). The number of amides is 1. The van der Waals surface area contributed by atoms with Crippen molar-refractivity contribution < 1.29 is 14.3 Å². The fraction of sp³-hybridized carbons (Fsp3) is 0.667. The summed E-state index contributed by atoms with van der Waals surface area (Å²) >= 11 is 0. The largest absolute Gasteiger partial charge is 0.484 e. The van der Waals surface area contributed by atoms with Crippen molar-refractivity contribution in [3.8, 4) is 5.75 Å². The highest BCUT2D eigenvalue weighted by Gasteiger charge is 2.28. The number of hydrogen-bond donors (Lipinski definition) is 2. The maximum Gasteiger partial charge on any atom is 0.414 e. The molecular weight excluding hydrogens is 284 g/mol. The van der Waals surface area contributed by atoms with Crippen LogP contribution < -0.4 is 15.4 Å². The van der Waals surface area contributed by atoms with Gasteiger partial charge in [-0.05, 0) is 53.6 Å². The SMILES string of the molecule is CC(C)(C)OC(=O)Nc1ncc(OC2(C)CCNCC2)cn1. The Kier molecular flexibility index (Phi) is 4.85. The van der Waals surface area contributed by atoms with E-state index >= 15 is 0 Å². The number of aromatic nitrogens is 2. The molecule has 0 radical (unpaired) electrons. The molecule has 0 saturated carbocycles. The van der Waals surface area contributed by atoms with Crippen LogP contribution in [0, 0.1) is 0 Å². The fourth-order valence-corrected chi connectivity index (χ4v) is 2.17. The average Bonchev–Trinajstić information content (AvgIpc) is 2.39. The molecule has 1 aromatic heterocycles. The first-order valence-corrected chi connectivity index (χ1v) is 7.48. The van der Waals surface area contributed by atoms with E-state index in [1.54, 1.807) is 33.2 Å². The highest BCUT2D eigenvalue weighted by molar-refractivity contribution is 5.82. The smallest absolute Gasteiger partial charge is 0.414 e. The van der Waals surface area contributed by atoms with E-state index in [-0.39, 0.29) is 11.5 Å². The van der Waals surface area contributed by atoms with E-state index in [2.05, 4.69) is 27.5 Å². The van der Waals surface area contributed by atoms with Crippen molar-refractivity contribution in [2.24, 2.45) is 0 Å². The Labute approximate surface area is 130 Å². The summed E-state index contributed by atoms with van der Waals surface area (Å²) in [6.07, 6.45) is 4.42. The van der Waals surface area contributed by atoms with E-state index in [9.17, 15) is 4.79 Å². The number of nitrogens with one attached hydrogen (secondary N) is 2. The van der Waals surface area contributed by atoms with Gasteiger partial charge in [0.15, 0.2) is 5.75 Å². The number of piperidine rings is 1. The molecule has 0 aromatic carbocycles. The summed E-state index contributed by atoms with van der Waals surface area (Å²) in [4.78, 5) is 19.8. The average molecular weight is 308 g/mol. The standard InChI is InChI=1S/C15H24N4O3/c1-14(2,3)22-13(20)19-12-17-9-11(10-18-12)21-15(4)5-7-16-8-6-15/h9-10,16H,5-8H2,1-4H3,(H,17,18,19,20). The van der Waals surface area contributed by atoms with Gasteiger partial charge in [-0.2, -0.15) is 0 Å². The molecule has 2 N–H and O–H groups in total. The zero-order chi connectivity index (χ0) is 16.2. The summed E-state index contributed by atoms with van der Waals surface area (Å²) in [7, 11) is 0. The molecular formula is C15H24N4O3. The lowest BCUT2D eigenvalue weighted by Gasteiger charge is -2.34. The Morgan fingerprint density at radius 3 is 2.41 bits per heavy atom. The summed E-state index contributed by atoms with van der Waals surface area (Å²) in [6.45, 7) is 9.35. The number of anilines is 1. The van der Waals surface area contributed by atoms with Crippen molar-refractivity contribution >= 4 is 12.0 Å². The van der Waals surface area contributed by atoms with E-state index in [0.29, 0.717) is 5.75 Å². The van der Waals surface area contributed by atoms with Crippen LogP contribution in [0.5, 0.6) is 5.75 Å². The van der Waals surface area contributed by atoms with Gasteiger partial charge < -0.3 is 14.8 Å². The number of hydrogen-bond acceptors (Lipinski definition) is 6. The van der Waals surface area contributed by atoms with Crippen molar-refractivity contribution in [2.75, 3.05) is 18.4 Å². The van der Waals surface area contributed by atoms with Crippen LogP contribution in [0.3, 0.4) is 0 Å². The minimum atomic E-state index is -0.577. The quantitative estimate of drug-likeness (QED) is 0.891. The molecule has 7 heteroatoms. The Balaban J connectivity index is 1.91. The van der Waals surface area contributed by atoms with Gasteiger partial charge in [0.2, 0.25) is 5.95 Å². The van der Waals surface area contributed by atoms with Gasteiger partial charge in [-0.3, -0.25) is 5.32 Å². The van der Waals surface area contributed by atoms with Crippen LogP contribution in [0.1, 0.15) is 40.5 Å². The molecule has 0 atom stereocenters. The van der Waals surface area contributed by atoms with Crippen molar-refractivity contribution in [1.82, 2.24) is 15.3 Å². The lowest BCUT2D eigenvalue weighted by atomic mass is 9.94. The van der Waals surface area contributed by atoms with Gasteiger partial charge in [0.25, 0.3) is 0 Å². The van der Waals surface area contributed by atoms with Gasteiger partial charge in [0, 0.05) is 0 Å². The Morgan fingerprint density at radius 2 is 1.86 bits per heavy atom. The predicted molar refractivity (Wildman–Crippen MR) is 83.0 cm³/mol. The monoisotopic (exact) mass is 308 g/mol. The first-order valence-electron chi connectivity index (χ1n) is 7.48. The molecule has 2 heterocycles. The molecule has 1 aliphatic heterocycles. The summed E-state index contributed by atoms with van der Waals surface area (Å²) in [5.74, 6) is 0.788. The number of carbonyl (C=O) groups is 1. The molecule has 0 spiro atoms. The van der Waals surface area contributed by atoms with Gasteiger partial charge in [-0.15, -0.1) is 0 Å². The number of rotatable bonds is 3. The lowest BCUT2D eigenvalue weighted by Crippen LogP contribution is -2.43. The highest BCUT2D eigenvalue weighted by Crippen LogP contribution is 2.25. The van der Waals surface area contributed by atoms with Gasteiger partial charge in [0.05, 0.1) is 12.4 Å². The Morgan fingerprint density at radius 1 is 1.27 bits per heavy atom. The molecule has 0 unspecified atom stereocenters. The zero-order valence-electron chi connectivity index (χ0n) is 13.6. The first kappa shape index (κ1) is 16.5. The topological polar surface area (TPSA) is 85.4 Å². The predicted octanol–water partition coefficient (Wildman–Crippen LogP) is 2.34. The van der Waals surface area contributed by atoms with E-state index in [1.165, 1.54) is 0 Å². The van der Waals surface area contributed by atoms with E-state index in [1.807, 2.05) is 0 Å². The molecule has 0 aliphatic carbocycles.